The molecule has 1 N–H and O–H groups in total. The molecule has 1 aromatic carbocycles. The van der Waals surface area contributed by atoms with Gasteiger partial charge in [0, 0.05) is 41.1 Å². The van der Waals surface area contributed by atoms with E-state index in [0.717, 1.165) is 58.5 Å². The summed E-state index contributed by atoms with van der Waals surface area (Å²) in [7, 11) is -2.83. The van der Waals surface area contributed by atoms with E-state index in [1.165, 1.54) is 11.3 Å². The molecule has 8 heteroatoms. The van der Waals surface area contributed by atoms with Gasteiger partial charge in [0.15, 0.2) is 12.9 Å². The van der Waals surface area contributed by atoms with Crippen molar-refractivity contribution in [2.75, 3.05) is 11.3 Å². The van der Waals surface area contributed by atoms with E-state index in [1.807, 2.05) is 73.7 Å². The molecule has 5 rings (SSSR count). The number of aromatic nitrogens is 1. The Morgan fingerprint density at radius 2 is 1.78 bits per heavy atom. The first-order valence-electron chi connectivity index (χ1n) is 12.8. The van der Waals surface area contributed by atoms with Crippen LogP contribution in [0.2, 0.25) is 0 Å². The van der Waals surface area contributed by atoms with Crippen LogP contribution in [0.5, 0.6) is 0 Å². The number of fused-ring (bicyclic) bond motifs is 1. The van der Waals surface area contributed by atoms with Gasteiger partial charge < -0.3 is 18.8 Å². The number of carboxylic acid groups (broad SMARTS) is 1. The molecule has 0 spiro atoms. The lowest BCUT2D eigenvalue weighted by molar-refractivity contribution is 0.0703. The Morgan fingerprint density at radius 3 is 2.41 bits per heavy atom. The van der Waals surface area contributed by atoms with Crippen LogP contribution in [0.1, 0.15) is 56.1 Å². The summed E-state index contributed by atoms with van der Waals surface area (Å²) >= 11 is 1.24. The molecule has 1 atom stereocenters. The summed E-state index contributed by atoms with van der Waals surface area (Å²) in [6.07, 6.45) is 5.74. The average Bonchev–Trinajstić information content (AvgIpc) is 3.49. The van der Waals surface area contributed by atoms with Crippen molar-refractivity contribution < 1.29 is 18.9 Å². The highest BCUT2D eigenvalue weighted by atomic mass is 32.1. The maximum absolute atomic E-state index is 14.3. The van der Waals surface area contributed by atoms with Crippen molar-refractivity contribution in [1.82, 2.24) is 4.98 Å². The van der Waals surface area contributed by atoms with Crippen LogP contribution < -0.4 is 4.67 Å². The minimum absolute atomic E-state index is 0.0835. The molecular weight excluding hydrogens is 503 g/mol. The number of carbonyl (C=O) groups is 1. The Kier molecular flexibility index (Phi) is 7.03. The van der Waals surface area contributed by atoms with Crippen LogP contribution in [0, 0.1) is 5.92 Å². The fourth-order valence-electron chi connectivity index (χ4n) is 5.51. The number of furan rings is 1. The highest BCUT2D eigenvalue weighted by Crippen LogP contribution is 2.60. The first-order chi connectivity index (χ1) is 17.6. The number of pyridine rings is 1. The minimum atomic E-state index is -2.83. The number of thiophene rings is 1. The van der Waals surface area contributed by atoms with Crippen molar-refractivity contribution in [3.8, 4) is 21.8 Å². The van der Waals surface area contributed by atoms with E-state index in [2.05, 4.69) is 11.9 Å². The van der Waals surface area contributed by atoms with Gasteiger partial charge in [-0.2, -0.15) is 0 Å². The Labute approximate surface area is 221 Å². The predicted molar refractivity (Wildman–Crippen MR) is 152 cm³/mol. The van der Waals surface area contributed by atoms with Gasteiger partial charge in [0.1, 0.15) is 16.2 Å². The zero-order valence-electron chi connectivity index (χ0n) is 21.7. The second-order valence-electron chi connectivity index (χ2n) is 10.5. The molecule has 0 aliphatic heterocycles. The van der Waals surface area contributed by atoms with Gasteiger partial charge in [-0.3, -0.25) is 4.98 Å². The molecule has 0 bridgehead atoms. The number of hydrogen-bond acceptors (Lipinski definition) is 5. The molecule has 0 saturated heterocycles. The third-order valence-corrected chi connectivity index (χ3v) is 12.0. The van der Waals surface area contributed by atoms with Crippen LogP contribution in [0.15, 0.2) is 59.1 Å². The molecule has 0 amide bonds. The van der Waals surface area contributed by atoms with Crippen molar-refractivity contribution in [1.29, 1.82) is 0 Å². The second-order valence-corrected chi connectivity index (χ2v) is 14.6. The monoisotopic (exact) mass is 536 g/mol. The van der Waals surface area contributed by atoms with Gasteiger partial charge in [-0.05, 0) is 69.2 Å². The van der Waals surface area contributed by atoms with Crippen molar-refractivity contribution in [3.05, 3.63) is 59.6 Å². The average molecular weight is 537 g/mol. The molecule has 194 valence electrons. The fourth-order valence-corrected chi connectivity index (χ4v) is 9.68. The maximum Gasteiger partial charge on any atom is 0.348 e. The minimum Gasteiger partial charge on any atom is -0.477 e. The summed E-state index contributed by atoms with van der Waals surface area (Å²) in [5.41, 5.74) is 4.04. The molecule has 1 aliphatic rings. The van der Waals surface area contributed by atoms with Gasteiger partial charge in [-0.25, -0.2) is 4.79 Å². The van der Waals surface area contributed by atoms with Crippen molar-refractivity contribution in [2.24, 2.45) is 5.92 Å². The van der Waals surface area contributed by atoms with Gasteiger partial charge in [0.25, 0.3) is 0 Å². The Balaban J connectivity index is 1.49. The highest BCUT2D eigenvalue weighted by Gasteiger charge is 2.40. The normalized spacial score (nSPS) is 19.7. The van der Waals surface area contributed by atoms with Gasteiger partial charge in [0.2, 0.25) is 0 Å². The van der Waals surface area contributed by atoms with Crippen molar-refractivity contribution >= 4 is 41.4 Å². The lowest BCUT2D eigenvalue weighted by Gasteiger charge is -2.41. The van der Waals surface area contributed by atoms with E-state index < -0.39 is 13.3 Å². The molecule has 4 aromatic rings. The molecule has 1 saturated carbocycles. The van der Waals surface area contributed by atoms with E-state index in [9.17, 15) is 14.5 Å². The summed E-state index contributed by atoms with van der Waals surface area (Å²) in [6, 6.07) is 15.4. The van der Waals surface area contributed by atoms with Crippen LogP contribution in [-0.4, -0.2) is 34.4 Å². The van der Waals surface area contributed by atoms with Crippen LogP contribution >= 0.6 is 18.6 Å². The lowest BCUT2D eigenvalue weighted by Crippen LogP contribution is -2.34. The van der Waals surface area contributed by atoms with E-state index in [1.54, 1.807) is 6.20 Å². The van der Waals surface area contributed by atoms with Crippen molar-refractivity contribution in [3.63, 3.8) is 0 Å². The molecule has 1 aliphatic carbocycles. The number of carboxylic acids is 1. The number of nitrogens with zero attached hydrogens (tertiary/aromatic N) is 2. The standard InChI is InChI=1S/C29H33N2O4PS/c1-18(2)31(36(4,34)22-13-7-19(3)8-14-22)24-17-27(37-28(24)29(32)33)21-11-9-20(10-12-21)26-16-23-25(35-26)6-5-15-30-23/h5-6,9-12,15-19,22H,7-8,13-14H2,1-4H3,(H,32,33). The first kappa shape index (κ1) is 25.7. The van der Waals surface area contributed by atoms with Crippen LogP contribution in [-0.2, 0) is 4.57 Å². The zero-order chi connectivity index (χ0) is 26.3. The number of rotatable bonds is 7. The molecule has 6 nitrogen and oxygen atoms in total. The van der Waals surface area contributed by atoms with Gasteiger partial charge in [-0.15, -0.1) is 11.3 Å². The molecule has 1 unspecified atom stereocenters. The SMILES string of the molecule is CC1CCC(P(C)(=O)N(c2cc(-c3ccc(-c4cc5ncccc5o4)cc3)sc2C(=O)O)C(C)C)CC1. The maximum atomic E-state index is 14.3. The summed E-state index contributed by atoms with van der Waals surface area (Å²) in [4.78, 5) is 17.8. The zero-order valence-corrected chi connectivity index (χ0v) is 23.4. The fraction of sp³-hybridized carbons (Fsp3) is 0.379. The third-order valence-electron chi connectivity index (χ3n) is 7.47. The predicted octanol–water partition coefficient (Wildman–Crippen LogP) is 8.62. The molecule has 3 aromatic heterocycles. The van der Waals surface area contributed by atoms with Crippen LogP contribution in [0.4, 0.5) is 5.69 Å². The summed E-state index contributed by atoms with van der Waals surface area (Å²) < 4.78 is 22.2. The summed E-state index contributed by atoms with van der Waals surface area (Å²) in [5, 5.41) is 10.1. The Morgan fingerprint density at radius 1 is 1.11 bits per heavy atom. The molecule has 1 fully saturated rings. The number of anilines is 1. The molecule has 3 heterocycles. The first-order valence-corrected chi connectivity index (χ1v) is 15.8. The van der Waals surface area contributed by atoms with E-state index in [4.69, 9.17) is 4.42 Å². The summed E-state index contributed by atoms with van der Waals surface area (Å²) in [6.45, 7) is 8.11. The second kappa shape index (κ2) is 10.1. The smallest absolute Gasteiger partial charge is 0.348 e. The van der Waals surface area contributed by atoms with E-state index in [-0.39, 0.29) is 16.6 Å². The largest absolute Gasteiger partial charge is 0.477 e. The number of benzene rings is 1. The molecule has 37 heavy (non-hydrogen) atoms. The molecular formula is C29H33N2O4PS. The molecule has 0 radical (unpaired) electrons. The van der Waals surface area contributed by atoms with Crippen LogP contribution in [0.25, 0.3) is 32.9 Å². The quantitative estimate of drug-likeness (QED) is 0.238. The lowest BCUT2D eigenvalue weighted by atomic mass is 9.91. The van der Waals surface area contributed by atoms with Gasteiger partial charge in [-0.1, -0.05) is 31.2 Å². The number of hydrogen-bond donors (Lipinski definition) is 1. The topological polar surface area (TPSA) is 83.6 Å². The summed E-state index contributed by atoms with van der Waals surface area (Å²) in [5.74, 6) is 0.406. The van der Waals surface area contributed by atoms with E-state index >= 15 is 0 Å². The third kappa shape index (κ3) is 4.99. The van der Waals surface area contributed by atoms with E-state index in [0.29, 0.717) is 11.6 Å². The number of aromatic carboxylic acids is 1. The Bertz CT molecular complexity index is 1430. The Hall–Kier alpha value is -2.89. The highest BCUT2D eigenvalue weighted by molar-refractivity contribution is 7.65. The van der Waals surface area contributed by atoms with Crippen LogP contribution in [0.3, 0.4) is 0 Å². The van der Waals surface area contributed by atoms with Crippen molar-refractivity contribution in [2.45, 2.75) is 58.2 Å². The van der Waals surface area contributed by atoms with Gasteiger partial charge >= 0.3 is 5.97 Å². The van der Waals surface area contributed by atoms with Gasteiger partial charge in [0.05, 0.1) is 5.69 Å².